The molecule has 0 bridgehead atoms. The average molecular weight is 179 g/mol. The summed E-state index contributed by atoms with van der Waals surface area (Å²) in [7, 11) is 0. The number of hydroxylamine groups is 1. The van der Waals surface area contributed by atoms with E-state index in [1.807, 2.05) is 18.2 Å². The summed E-state index contributed by atoms with van der Waals surface area (Å²) in [6.07, 6.45) is 1.50. The van der Waals surface area contributed by atoms with Crippen molar-refractivity contribution in [2.24, 2.45) is 0 Å². The largest absolute Gasteiger partial charge is 0.277 e. The molecular formula is C10H13NO2. The van der Waals surface area contributed by atoms with Crippen LogP contribution in [0.3, 0.4) is 0 Å². The SMILES string of the molecule is CCc1ccccc1CONC=O. The minimum Gasteiger partial charge on any atom is -0.277 e. The number of aryl methyl sites for hydroxylation is 1. The van der Waals surface area contributed by atoms with E-state index in [9.17, 15) is 4.79 Å². The van der Waals surface area contributed by atoms with Gasteiger partial charge in [-0.1, -0.05) is 31.2 Å². The van der Waals surface area contributed by atoms with Gasteiger partial charge in [0.05, 0.1) is 0 Å². The highest BCUT2D eigenvalue weighted by Crippen LogP contribution is 2.09. The van der Waals surface area contributed by atoms with Gasteiger partial charge in [-0.05, 0) is 17.5 Å². The predicted molar refractivity (Wildman–Crippen MR) is 49.8 cm³/mol. The average Bonchev–Trinajstić information content (AvgIpc) is 2.19. The van der Waals surface area contributed by atoms with E-state index in [1.54, 1.807) is 0 Å². The monoisotopic (exact) mass is 179 g/mol. The molecule has 1 amide bonds. The number of carbonyl (C=O) groups is 1. The third-order valence-electron chi connectivity index (χ3n) is 1.86. The van der Waals surface area contributed by atoms with Crippen molar-refractivity contribution in [1.29, 1.82) is 0 Å². The van der Waals surface area contributed by atoms with E-state index in [1.165, 1.54) is 5.56 Å². The lowest BCUT2D eigenvalue weighted by atomic mass is 10.1. The van der Waals surface area contributed by atoms with Crippen LogP contribution in [0.5, 0.6) is 0 Å². The lowest BCUT2D eigenvalue weighted by Crippen LogP contribution is -2.11. The summed E-state index contributed by atoms with van der Waals surface area (Å²) in [5, 5.41) is 0. The minimum absolute atomic E-state index is 0.419. The quantitative estimate of drug-likeness (QED) is 0.422. The molecule has 0 aromatic heterocycles. The van der Waals surface area contributed by atoms with Crippen LogP contribution in [0.15, 0.2) is 24.3 Å². The second-order valence-corrected chi connectivity index (χ2v) is 2.65. The first kappa shape index (κ1) is 9.74. The molecule has 3 heteroatoms. The first-order valence-electron chi connectivity index (χ1n) is 4.26. The highest BCUT2D eigenvalue weighted by molar-refractivity contribution is 5.43. The number of hydrogen-bond acceptors (Lipinski definition) is 2. The lowest BCUT2D eigenvalue weighted by Gasteiger charge is -2.06. The summed E-state index contributed by atoms with van der Waals surface area (Å²) in [5.74, 6) is 0. The zero-order chi connectivity index (χ0) is 9.52. The van der Waals surface area contributed by atoms with Crippen molar-refractivity contribution >= 4 is 6.41 Å². The second-order valence-electron chi connectivity index (χ2n) is 2.65. The zero-order valence-corrected chi connectivity index (χ0v) is 7.62. The van der Waals surface area contributed by atoms with E-state index < -0.39 is 0 Å². The van der Waals surface area contributed by atoms with Crippen LogP contribution in [-0.4, -0.2) is 6.41 Å². The van der Waals surface area contributed by atoms with Crippen LogP contribution in [0, 0.1) is 0 Å². The fourth-order valence-electron chi connectivity index (χ4n) is 1.20. The van der Waals surface area contributed by atoms with Crippen LogP contribution >= 0.6 is 0 Å². The third kappa shape index (κ3) is 2.87. The maximum absolute atomic E-state index is 9.91. The Morgan fingerprint density at radius 3 is 2.69 bits per heavy atom. The Labute approximate surface area is 77.7 Å². The number of amides is 1. The van der Waals surface area contributed by atoms with Gasteiger partial charge in [0.25, 0.3) is 0 Å². The maximum Gasteiger partial charge on any atom is 0.230 e. The Balaban J connectivity index is 2.58. The number of rotatable bonds is 5. The highest BCUT2D eigenvalue weighted by atomic mass is 16.6. The van der Waals surface area contributed by atoms with Gasteiger partial charge >= 0.3 is 0 Å². The molecule has 0 spiro atoms. The van der Waals surface area contributed by atoms with Crippen molar-refractivity contribution in [3.8, 4) is 0 Å². The molecule has 3 nitrogen and oxygen atoms in total. The molecule has 0 saturated carbocycles. The van der Waals surface area contributed by atoms with Gasteiger partial charge in [-0.15, -0.1) is 0 Å². The van der Waals surface area contributed by atoms with Gasteiger partial charge in [-0.2, -0.15) is 0 Å². The fourth-order valence-corrected chi connectivity index (χ4v) is 1.20. The summed E-state index contributed by atoms with van der Waals surface area (Å²) in [6, 6.07) is 8.00. The van der Waals surface area contributed by atoms with Crippen molar-refractivity contribution in [2.75, 3.05) is 0 Å². The van der Waals surface area contributed by atoms with Gasteiger partial charge in [-0.25, -0.2) is 5.48 Å². The van der Waals surface area contributed by atoms with Crippen molar-refractivity contribution < 1.29 is 9.63 Å². The number of nitrogens with one attached hydrogen (secondary N) is 1. The second kappa shape index (κ2) is 5.32. The van der Waals surface area contributed by atoms with Crippen molar-refractivity contribution in [1.82, 2.24) is 5.48 Å². The molecule has 0 aliphatic rings. The molecule has 70 valence electrons. The predicted octanol–water partition coefficient (Wildman–Crippen LogP) is 1.43. The molecule has 1 rings (SSSR count). The Morgan fingerprint density at radius 1 is 1.38 bits per heavy atom. The van der Waals surface area contributed by atoms with Crippen LogP contribution in [0.25, 0.3) is 0 Å². The molecule has 1 N–H and O–H groups in total. The molecule has 1 aromatic rings. The van der Waals surface area contributed by atoms with Gasteiger partial charge < -0.3 is 0 Å². The van der Waals surface area contributed by atoms with E-state index in [-0.39, 0.29) is 0 Å². The molecular weight excluding hydrogens is 166 g/mol. The molecule has 0 aliphatic heterocycles. The molecule has 0 unspecified atom stereocenters. The van der Waals surface area contributed by atoms with Gasteiger partial charge in [-0.3, -0.25) is 9.63 Å². The number of hydrogen-bond donors (Lipinski definition) is 1. The molecule has 0 fully saturated rings. The Hall–Kier alpha value is -1.35. The van der Waals surface area contributed by atoms with E-state index in [4.69, 9.17) is 4.84 Å². The number of carbonyl (C=O) groups excluding carboxylic acids is 1. The topological polar surface area (TPSA) is 38.3 Å². The Kier molecular flexibility index (Phi) is 3.99. The Bertz CT molecular complexity index is 273. The van der Waals surface area contributed by atoms with Crippen LogP contribution in [-0.2, 0) is 22.7 Å². The van der Waals surface area contributed by atoms with E-state index >= 15 is 0 Å². The normalized spacial score (nSPS) is 9.62. The zero-order valence-electron chi connectivity index (χ0n) is 7.62. The lowest BCUT2D eigenvalue weighted by molar-refractivity contribution is -0.121. The maximum atomic E-state index is 9.91. The van der Waals surface area contributed by atoms with Crippen LogP contribution in [0.2, 0.25) is 0 Å². The molecule has 0 atom stereocenters. The number of benzene rings is 1. The summed E-state index contributed by atoms with van der Waals surface area (Å²) in [6.45, 7) is 2.51. The molecule has 0 aliphatic carbocycles. The standard InChI is InChI=1S/C10H13NO2/c1-2-9-5-3-4-6-10(9)7-13-11-8-12/h3-6,8H,2,7H2,1H3,(H,11,12). The van der Waals surface area contributed by atoms with Gasteiger partial charge in [0, 0.05) is 0 Å². The molecule has 0 radical (unpaired) electrons. The fraction of sp³-hybridized carbons (Fsp3) is 0.300. The molecule has 0 saturated heterocycles. The Morgan fingerprint density at radius 2 is 2.08 bits per heavy atom. The minimum atomic E-state index is 0.419. The summed E-state index contributed by atoms with van der Waals surface area (Å²) >= 11 is 0. The van der Waals surface area contributed by atoms with Crippen LogP contribution in [0.1, 0.15) is 18.1 Å². The molecule has 13 heavy (non-hydrogen) atoms. The van der Waals surface area contributed by atoms with E-state index in [2.05, 4.69) is 18.5 Å². The van der Waals surface area contributed by atoms with Crippen molar-refractivity contribution in [3.63, 3.8) is 0 Å². The van der Waals surface area contributed by atoms with Crippen LogP contribution in [0.4, 0.5) is 0 Å². The van der Waals surface area contributed by atoms with Crippen LogP contribution < -0.4 is 5.48 Å². The van der Waals surface area contributed by atoms with Gasteiger partial charge in [0.2, 0.25) is 6.41 Å². The van der Waals surface area contributed by atoms with Crippen molar-refractivity contribution in [2.45, 2.75) is 20.0 Å². The first-order valence-corrected chi connectivity index (χ1v) is 4.26. The molecule has 1 aromatic carbocycles. The first-order chi connectivity index (χ1) is 6.38. The third-order valence-corrected chi connectivity index (χ3v) is 1.86. The smallest absolute Gasteiger partial charge is 0.230 e. The summed E-state index contributed by atoms with van der Waals surface area (Å²) < 4.78 is 0. The van der Waals surface area contributed by atoms with E-state index in [0.29, 0.717) is 13.0 Å². The van der Waals surface area contributed by atoms with Gasteiger partial charge in [0.15, 0.2) is 0 Å². The van der Waals surface area contributed by atoms with E-state index in [0.717, 1.165) is 12.0 Å². The summed E-state index contributed by atoms with van der Waals surface area (Å²) in [5.41, 5.74) is 4.52. The van der Waals surface area contributed by atoms with Gasteiger partial charge in [0.1, 0.15) is 6.61 Å². The highest BCUT2D eigenvalue weighted by Gasteiger charge is 1.98. The summed E-state index contributed by atoms with van der Waals surface area (Å²) in [4.78, 5) is 14.8. The molecule has 0 heterocycles. The van der Waals surface area contributed by atoms with Crippen molar-refractivity contribution in [3.05, 3.63) is 35.4 Å².